The predicted octanol–water partition coefficient (Wildman–Crippen LogP) is 4.85. The first-order chi connectivity index (χ1) is 9.16. The summed E-state index contributed by atoms with van der Waals surface area (Å²) in [5, 5.41) is -0.497. The molecule has 0 fully saturated rings. The van der Waals surface area contributed by atoms with Crippen molar-refractivity contribution in [3.05, 3.63) is 63.4 Å². The van der Waals surface area contributed by atoms with Crippen molar-refractivity contribution in [3.8, 4) is 5.75 Å². The maximum Gasteiger partial charge on any atom is 0.142 e. The van der Waals surface area contributed by atoms with Gasteiger partial charge in [-0.3, -0.25) is 0 Å². The molecule has 0 aliphatic carbocycles. The molecule has 1 nitrogen and oxygen atoms in total. The summed E-state index contributed by atoms with van der Waals surface area (Å²) in [5.74, 6) is 0.599. The fourth-order valence-electron chi connectivity index (χ4n) is 2.26. The molecular weight excluding hydrogens is 331 g/mol. The Morgan fingerprint density at radius 2 is 2.11 bits per heavy atom. The third-order valence-electron chi connectivity index (χ3n) is 3.26. The van der Waals surface area contributed by atoms with E-state index in [0.29, 0.717) is 16.6 Å². The van der Waals surface area contributed by atoms with E-state index in [1.165, 1.54) is 0 Å². The summed E-state index contributed by atoms with van der Waals surface area (Å²) in [6, 6.07) is 11.0. The molecule has 0 saturated carbocycles. The molecule has 4 heteroatoms. The Balaban J connectivity index is 2.00. The van der Waals surface area contributed by atoms with Gasteiger partial charge in [0, 0.05) is 12.0 Å². The number of rotatable bonds is 2. The van der Waals surface area contributed by atoms with Gasteiger partial charge in [-0.05, 0) is 39.2 Å². The third-order valence-corrected chi connectivity index (χ3v) is 4.36. The summed E-state index contributed by atoms with van der Waals surface area (Å²) in [6.45, 7) is 0.705. The first kappa shape index (κ1) is 12.9. The van der Waals surface area contributed by atoms with Crippen LogP contribution in [0.1, 0.15) is 22.1 Å². The molecule has 0 amide bonds. The molecule has 0 bridgehead atoms. The van der Waals surface area contributed by atoms with Crippen LogP contribution in [0.25, 0.3) is 0 Å². The average Bonchev–Trinajstić information content (AvgIpc) is 2.88. The summed E-state index contributed by atoms with van der Waals surface area (Å²) in [4.78, 5) is 0. The highest BCUT2D eigenvalue weighted by molar-refractivity contribution is 9.10. The van der Waals surface area contributed by atoms with E-state index >= 15 is 0 Å². The van der Waals surface area contributed by atoms with Gasteiger partial charge >= 0.3 is 0 Å². The number of ether oxygens (including phenoxy) is 1. The normalized spacial score (nSPS) is 14.9. The molecule has 1 aliphatic heterocycles. The summed E-state index contributed by atoms with van der Waals surface area (Å²) in [7, 11) is 0. The predicted molar refractivity (Wildman–Crippen MR) is 77.4 cm³/mol. The Morgan fingerprint density at radius 3 is 2.95 bits per heavy atom. The fourth-order valence-corrected chi connectivity index (χ4v) is 2.95. The molecule has 0 spiro atoms. The maximum atomic E-state index is 14.1. The second-order valence-corrected chi connectivity index (χ2v) is 5.76. The van der Waals surface area contributed by atoms with Gasteiger partial charge in [0.1, 0.15) is 11.6 Å². The van der Waals surface area contributed by atoms with Crippen LogP contribution in [0.5, 0.6) is 5.75 Å². The zero-order valence-electron chi connectivity index (χ0n) is 10.00. The van der Waals surface area contributed by atoms with Gasteiger partial charge in [0.05, 0.1) is 16.5 Å². The van der Waals surface area contributed by atoms with E-state index in [9.17, 15) is 4.39 Å². The van der Waals surface area contributed by atoms with Crippen LogP contribution in [0.15, 0.2) is 40.9 Å². The largest absolute Gasteiger partial charge is 0.493 e. The van der Waals surface area contributed by atoms with E-state index in [4.69, 9.17) is 16.3 Å². The molecule has 3 rings (SSSR count). The molecule has 0 radical (unpaired) electrons. The standard InChI is InChI=1S/C15H11BrClFO/c16-12-3-1-2-11(15(12)18)14(17)10-4-5-13-9(8-10)6-7-19-13/h1-5,8,14H,6-7H2. The SMILES string of the molecule is Fc1c(Br)cccc1C(Cl)c1ccc2c(c1)CCO2. The molecule has 1 aliphatic rings. The minimum atomic E-state index is -0.497. The highest BCUT2D eigenvalue weighted by Crippen LogP contribution is 2.36. The Bertz CT molecular complexity index is 630. The Morgan fingerprint density at radius 1 is 1.26 bits per heavy atom. The first-order valence-corrected chi connectivity index (χ1v) is 7.23. The molecule has 1 atom stereocenters. The highest BCUT2D eigenvalue weighted by atomic mass is 79.9. The van der Waals surface area contributed by atoms with E-state index in [-0.39, 0.29) is 5.82 Å². The third kappa shape index (κ3) is 2.37. The van der Waals surface area contributed by atoms with Crippen molar-refractivity contribution in [1.29, 1.82) is 0 Å². The van der Waals surface area contributed by atoms with Crippen molar-refractivity contribution in [2.75, 3.05) is 6.61 Å². The lowest BCUT2D eigenvalue weighted by Crippen LogP contribution is -1.98. The summed E-state index contributed by atoms with van der Waals surface area (Å²) in [5.41, 5.74) is 2.51. The molecule has 0 saturated heterocycles. The zero-order valence-corrected chi connectivity index (χ0v) is 12.3. The van der Waals surface area contributed by atoms with Crippen LogP contribution in [0.2, 0.25) is 0 Å². The highest BCUT2D eigenvalue weighted by Gasteiger charge is 2.19. The molecule has 19 heavy (non-hydrogen) atoms. The van der Waals surface area contributed by atoms with Crippen LogP contribution in [-0.4, -0.2) is 6.61 Å². The van der Waals surface area contributed by atoms with E-state index in [1.54, 1.807) is 18.2 Å². The van der Waals surface area contributed by atoms with Gasteiger partial charge in [0.15, 0.2) is 0 Å². The second-order valence-electron chi connectivity index (χ2n) is 4.47. The maximum absolute atomic E-state index is 14.1. The second kappa shape index (κ2) is 5.14. The Kier molecular flexibility index (Phi) is 3.50. The lowest BCUT2D eigenvalue weighted by Gasteiger charge is -2.13. The average molecular weight is 342 g/mol. The van der Waals surface area contributed by atoms with Crippen molar-refractivity contribution in [2.24, 2.45) is 0 Å². The van der Waals surface area contributed by atoms with Crippen molar-refractivity contribution in [1.82, 2.24) is 0 Å². The summed E-state index contributed by atoms with van der Waals surface area (Å²) >= 11 is 9.59. The minimum absolute atomic E-state index is 0.306. The van der Waals surface area contributed by atoms with Crippen LogP contribution in [0, 0.1) is 5.82 Å². The number of benzene rings is 2. The molecule has 1 heterocycles. The summed E-state index contributed by atoms with van der Waals surface area (Å²) in [6.07, 6.45) is 0.883. The number of halogens is 3. The van der Waals surface area contributed by atoms with Gasteiger partial charge in [-0.1, -0.05) is 24.3 Å². The quantitative estimate of drug-likeness (QED) is 0.709. The van der Waals surface area contributed by atoms with Gasteiger partial charge in [-0.25, -0.2) is 4.39 Å². The molecule has 0 aromatic heterocycles. The van der Waals surface area contributed by atoms with Crippen molar-refractivity contribution in [2.45, 2.75) is 11.8 Å². The first-order valence-electron chi connectivity index (χ1n) is 6.00. The molecule has 2 aromatic carbocycles. The number of fused-ring (bicyclic) bond motifs is 1. The molecule has 2 aromatic rings. The lowest BCUT2D eigenvalue weighted by molar-refractivity contribution is 0.357. The molecule has 0 N–H and O–H groups in total. The Hall–Kier alpha value is -1.06. The van der Waals surface area contributed by atoms with E-state index < -0.39 is 5.38 Å². The lowest BCUT2D eigenvalue weighted by atomic mass is 10.0. The van der Waals surface area contributed by atoms with Gasteiger partial charge in [0.2, 0.25) is 0 Å². The molecule has 1 unspecified atom stereocenters. The number of hydrogen-bond donors (Lipinski definition) is 0. The van der Waals surface area contributed by atoms with Gasteiger partial charge < -0.3 is 4.74 Å². The van der Waals surface area contributed by atoms with Crippen molar-refractivity contribution in [3.63, 3.8) is 0 Å². The van der Waals surface area contributed by atoms with E-state index in [1.807, 2.05) is 18.2 Å². The molecule has 98 valence electrons. The van der Waals surface area contributed by atoms with E-state index in [0.717, 1.165) is 23.3 Å². The minimum Gasteiger partial charge on any atom is -0.493 e. The van der Waals surface area contributed by atoms with Crippen LogP contribution >= 0.6 is 27.5 Å². The van der Waals surface area contributed by atoms with Crippen LogP contribution in [-0.2, 0) is 6.42 Å². The van der Waals surface area contributed by atoms with Crippen LogP contribution in [0.4, 0.5) is 4.39 Å². The van der Waals surface area contributed by atoms with Crippen molar-refractivity contribution < 1.29 is 9.13 Å². The molecular formula is C15H11BrClFO. The number of hydrogen-bond acceptors (Lipinski definition) is 1. The fraction of sp³-hybridized carbons (Fsp3) is 0.200. The van der Waals surface area contributed by atoms with Gasteiger partial charge in [-0.2, -0.15) is 0 Å². The topological polar surface area (TPSA) is 9.23 Å². The number of alkyl halides is 1. The van der Waals surface area contributed by atoms with Crippen LogP contribution in [0.3, 0.4) is 0 Å². The smallest absolute Gasteiger partial charge is 0.142 e. The zero-order chi connectivity index (χ0) is 13.4. The van der Waals surface area contributed by atoms with Crippen LogP contribution < -0.4 is 4.74 Å². The van der Waals surface area contributed by atoms with Crippen molar-refractivity contribution >= 4 is 27.5 Å². The van der Waals surface area contributed by atoms with Gasteiger partial charge in [0.25, 0.3) is 0 Å². The monoisotopic (exact) mass is 340 g/mol. The summed E-state index contributed by atoms with van der Waals surface area (Å²) < 4.78 is 19.9. The van der Waals surface area contributed by atoms with E-state index in [2.05, 4.69) is 15.9 Å². The van der Waals surface area contributed by atoms with Gasteiger partial charge in [-0.15, -0.1) is 11.6 Å². The Labute approximate surface area is 124 Å².